The summed E-state index contributed by atoms with van der Waals surface area (Å²) >= 11 is 1.83. The van der Waals surface area contributed by atoms with Gasteiger partial charge < -0.3 is 16.0 Å². The number of anilines is 1. The second-order valence-corrected chi connectivity index (χ2v) is 8.78. The van der Waals surface area contributed by atoms with Gasteiger partial charge in [-0.2, -0.15) is 5.10 Å². The standard InChI is InChI=1S/C23H30N6OS.HI/c1-4-24-23(27-17(2)13-21-10-9-18(3)31-21)25-15-19-7-5-8-20(14-19)28-22(30)16-29-12-6-11-26-29;/h5-12,14,17H,4,13,15-16H2,1-3H3,(H,28,30)(H2,24,25,27);1H. The van der Waals surface area contributed by atoms with E-state index in [-0.39, 0.29) is 42.5 Å². The quantitative estimate of drug-likeness (QED) is 0.206. The van der Waals surface area contributed by atoms with Gasteiger partial charge in [-0.05, 0) is 56.7 Å². The molecule has 2 aromatic heterocycles. The van der Waals surface area contributed by atoms with Crippen molar-refractivity contribution in [2.75, 3.05) is 11.9 Å². The van der Waals surface area contributed by atoms with Gasteiger partial charge in [0, 0.05) is 46.8 Å². The molecule has 7 nitrogen and oxygen atoms in total. The predicted molar refractivity (Wildman–Crippen MR) is 143 cm³/mol. The lowest BCUT2D eigenvalue weighted by molar-refractivity contribution is -0.116. The van der Waals surface area contributed by atoms with Crippen molar-refractivity contribution in [3.05, 3.63) is 70.2 Å². The highest BCUT2D eigenvalue weighted by Crippen LogP contribution is 2.16. The fourth-order valence-electron chi connectivity index (χ4n) is 3.16. The number of aryl methyl sites for hydroxylation is 1. The van der Waals surface area contributed by atoms with Crippen molar-refractivity contribution in [1.29, 1.82) is 0 Å². The maximum atomic E-state index is 12.2. The summed E-state index contributed by atoms with van der Waals surface area (Å²) in [4.78, 5) is 19.6. The summed E-state index contributed by atoms with van der Waals surface area (Å²) in [5.41, 5.74) is 1.78. The van der Waals surface area contributed by atoms with Gasteiger partial charge in [0.05, 0.1) is 6.54 Å². The lowest BCUT2D eigenvalue weighted by Gasteiger charge is -2.17. The molecule has 0 radical (unpaired) electrons. The largest absolute Gasteiger partial charge is 0.357 e. The summed E-state index contributed by atoms with van der Waals surface area (Å²) in [6, 6.07) is 14.2. The van der Waals surface area contributed by atoms with Crippen LogP contribution < -0.4 is 16.0 Å². The van der Waals surface area contributed by atoms with Crippen molar-refractivity contribution < 1.29 is 4.79 Å². The zero-order valence-electron chi connectivity index (χ0n) is 18.7. The molecule has 0 bridgehead atoms. The van der Waals surface area contributed by atoms with Crippen LogP contribution >= 0.6 is 35.3 Å². The molecule has 1 amide bonds. The lowest BCUT2D eigenvalue weighted by Crippen LogP contribution is -2.43. The predicted octanol–water partition coefficient (Wildman–Crippen LogP) is 4.20. The summed E-state index contributed by atoms with van der Waals surface area (Å²) < 4.78 is 1.59. The van der Waals surface area contributed by atoms with E-state index in [0.717, 1.165) is 30.2 Å². The van der Waals surface area contributed by atoms with Gasteiger partial charge in [-0.3, -0.25) is 9.48 Å². The number of aromatic nitrogens is 2. The number of carbonyl (C=O) groups is 1. The van der Waals surface area contributed by atoms with Crippen LogP contribution in [-0.2, 0) is 24.3 Å². The van der Waals surface area contributed by atoms with Crippen LogP contribution in [0.3, 0.4) is 0 Å². The second-order valence-electron chi connectivity index (χ2n) is 7.41. The highest BCUT2D eigenvalue weighted by Gasteiger charge is 2.08. The minimum atomic E-state index is -0.114. The molecular weight excluding hydrogens is 535 g/mol. The Morgan fingerprint density at radius 3 is 2.78 bits per heavy atom. The summed E-state index contributed by atoms with van der Waals surface area (Å²) in [6.07, 6.45) is 4.38. The number of thiophene rings is 1. The highest BCUT2D eigenvalue weighted by molar-refractivity contribution is 14.0. The molecular formula is C23H31IN6OS. The number of rotatable bonds is 9. The molecule has 172 valence electrons. The van der Waals surface area contributed by atoms with Gasteiger partial charge in [-0.25, -0.2) is 4.99 Å². The summed E-state index contributed by atoms with van der Waals surface area (Å²) in [5, 5.41) is 13.8. The SMILES string of the molecule is CCNC(=NCc1cccc(NC(=O)Cn2cccn2)c1)NC(C)Cc1ccc(C)s1.I. The molecule has 0 saturated carbocycles. The Morgan fingerprint density at radius 1 is 1.25 bits per heavy atom. The van der Waals surface area contributed by atoms with E-state index < -0.39 is 0 Å². The first kappa shape index (κ1) is 25.9. The van der Waals surface area contributed by atoms with E-state index in [1.165, 1.54) is 9.75 Å². The van der Waals surface area contributed by atoms with Gasteiger partial charge in [0.25, 0.3) is 0 Å². The Balaban J connectivity index is 0.00000363. The number of amides is 1. The Labute approximate surface area is 210 Å². The van der Waals surface area contributed by atoms with Gasteiger partial charge in [0.1, 0.15) is 6.54 Å². The summed E-state index contributed by atoms with van der Waals surface area (Å²) in [6.45, 7) is 7.85. The van der Waals surface area contributed by atoms with Crippen molar-refractivity contribution in [2.45, 2.75) is 46.3 Å². The summed E-state index contributed by atoms with van der Waals surface area (Å²) in [7, 11) is 0. The van der Waals surface area contributed by atoms with E-state index in [4.69, 9.17) is 4.99 Å². The third kappa shape index (κ3) is 8.62. The third-order valence-corrected chi connectivity index (χ3v) is 5.55. The molecule has 3 N–H and O–H groups in total. The Hall–Kier alpha value is -2.40. The van der Waals surface area contributed by atoms with E-state index in [2.05, 4.69) is 54.0 Å². The fourth-order valence-corrected chi connectivity index (χ4v) is 4.18. The Morgan fingerprint density at radius 2 is 2.09 bits per heavy atom. The van der Waals surface area contributed by atoms with Crippen LogP contribution in [0.1, 0.15) is 29.2 Å². The first-order chi connectivity index (χ1) is 15.0. The minimum Gasteiger partial charge on any atom is -0.357 e. The molecule has 3 aromatic rings. The molecule has 0 spiro atoms. The maximum Gasteiger partial charge on any atom is 0.246 e. The molecule has 3 rings (SSSR count). The van der Waals surface area contributed by atoms with Gasteiger partial charge in [-0.1, -0.05) is 12.1 Å². The molecule has 1 unspecified atom stereocenters. The van der Waals surface area contributed by atoms with E-state index in [9.17, 15) is 4.79 Å². The zero-order chi connectivity index (χ0) is 22.1. The van der Waals surface area contributed by atoms with Crippen molar-refractivity contribution in [3.8, 4) is 0 Å². The molecule has 9 heteroatoms. The number of guanidine groups is 1. The van der Waals surface area contributed by atoms with Crippen LogP contribution in [-0.4, -0.2) is 34.2 Å². The third-order valence-electron chi connectivity index (χ3n) is 4.53. The molecule has 32 heavy (non-hydrogen) atoms. The molecule has 0 aliphatic carbocycles. The first-order valence-electron chi connectivity index (χ1n) is 10.5. The molecule has 0 saturated heterocycles. The smallest absolute Gasteiger partial charge is 0.246 e. The van der Waals surface area contributed by atoms with Crippen molar-refractivity contribution in [1.82, 2.24) is 20.4 Å². The number of aliphatic imine (C=N–C) groups is 1. The number of benzene rings is 1. The normalized spacial score (nSPS) is 12.0. The molecule has 0 aliphatic heterocycles. The average molecular weight is 567 g/mol. The maximum absolute atomic E-state index is 12.2. The van der Waals surface area contributed by atoms with Gasteiger partial charge in [0.15, 0.2) is 5.96 Å². The fraction of sp³-hybridized carbons (Fsp3) is 0.348. The van der Waals surface area contributed by atoms with Crippen LogP contribution in [0, 0.1) is 6.92 Å². The van der Waals surface area contributed by atoms with Crippen molar-refractivity contribution in [3.63, 3.8) is 0 Å². The molecule has 2 heterocycles. The van der Waals surface area contributed by atoms with E-state index in [0.29, 0.717) is 6.54 Å². The topological polar surface area (TPSA) is 83.3 Å². The van der Waals surface area contributed by atoms with Crippen molar-refractivity contribution in [2.24, 2.45) is 4.99 Å². The average Bonchev–Trinajstić information content (AvgIpc) is 3.38. The molecule has 0 aliphatic rings. The molecule has 1 aromatic carbocycles. The minimum absolute atomic E-state index is 0. The number of nitrogens with one attached hydrogen (secondary N) is 3. The van der Waals surface area contributed by atoms with Crippen LogP contribution in [0.5, 0.6) is 0 Å². The molecule has 1 atom stereocenters. The summed E-state index contributed by atoms with van der Waals surface area (Å²) in [5.74, 6) is 0.674. The first-order valence-corrected chi connectivity index (χ1v) is 11.3. The van der Waals surface area contributed by atoms with Gasteiger partial charge >= 0.3 is 0 Å². The van der Waals surface area contributed by atoms with Gasteiger partial charge in [-0.15, -0.1) is 35.3 Å². The van der Waals surface area contributed by atoms with Crippen LogP contribution in [0.15, 0.2) is 59.9 Å². The lowest BCUT2D eigenvalue weighted by atomic mass is 10.2. The number of hydrogen-bond donors (Lipinski definition) is 3. The van der Waals surface area contributed by atoms with Crippen LogP contribution in [0.25, 0.3) is 0 Å². The number of nitrogens with zero attached hydrogens (tertiary/aromatic N) is 3. The number of hydrogen-bond acceptors (Lipinski definition) is 4. The van der Waals surface area contributed by atoms with Crippen LogP contribution in [0.4, 0.5) is 5.69 Å². The Kier molecular flexibility index (Phi) is 10.7. The van der Waals surface area contributed by atoms with E-state index in [1.807, 2.05) is 35.6 Å². The highest BCUT2D eigenvalue weighted by atomic mass is 127. The Bertz CT molecular complexity index is 1000. The van der Waals surface area contributed by atoms with Gasteiger partial charge in [0.2, 0.25) is 5.91 Å². The monoisotopic (exact) mass is 566 g/mol. The number of carbonyl (C=O) groups excluding carboxylic acids is 1. The van der Waals surface area contributed by atoms with Crippen molar-refractivity contribution >= 4 is 52.9 Å². The van der Waals surface area contributed by atoms with E-state index in [1.54, 1.807) is 23.1 Å². The van der Waals surface area contributed by atoms with E-state index >= 15 is 0 Å². The number of halogens is 1. The zero-order valence-corrected chi connectivity index (χ0v) is 21.8. The van der Waals surface area contributed by atoms with Crippen LogP contribution in [0.2, 0.25) is 0 Å². The second kappa shape index (κ2) is 13.2. The molecule has 0 fully saturated rings.